The minimum Gasteiger partial charge on any atom is -0.392 e. The summed E-state index contributed by atoms with van der Waals surface area (Å²) in [4.78, 5) is 25.6. The smallest absolute Gasteiger partial charge is 0.392 e. The Balaban J connectivity index is 1.82. The highest BCUT2D eigenvalue weighted by Gasteiger charge is 2.29. The van der Waals surface area contributed by atoms with Crippen LogP contribution in [0.15, 0.2) is 21.3 Å². The monoisotopic (exact) mass is 335 g/mol. The van der Waals surface area contributed by atoms with Crippen LogP contribution in [0.4, 0.5) is 0 Å². The summed E-state index contributed by atoms with van der Waals surface area (Å²) >= 11 is 6.25. The molecular formula is C16H18ClN3O3. The molecule has 7 heteroatoms. The van der Waals surface area contributed by atoms with E-state index in [2.05, 4.69) is 10.2 Å². The fourth-order valence-corrected chi connectivity index (χ4v) is 3.19. The standard InChI is InChI=1S/C16H18ClN3O3/c1-9-6-12(13(17)7-10(9)2)15(21)20-5-3-4-11(8-20)14-18-19-16(22)23-14/h6-7,11H,3-5,8H2,1-2H3,(H,19,22). The van der Waals surface area contributed by atoms with Gasteiger partial charge in [0, 0.05) is 13.1 Å². The van der Waals surface area contributed by atoms with Gasteiger partial charge in [0.2, 0.25) is 5.89 Å². The number of aromatic amines is 1. The predicted octanol–water partition coefficient (Wildman–Crippen LogP) is 2.65. The van der Waals surface area contributed by atoms with Gasteiger partial charge in [-0.1, -0.05) is 11.6 Å². The van der Waals surface area contributed by atoms with Gasteiger partial charge in [0.15, 0.2) is 0 Å². The second kappa shape index (κ2) is 6.20. The van der Waals surface area contributed by atoms with Crippen LogP contribution in [-0.2, 0) is 0 Å². The highest BCUT2D eigenvalue weighted by Crippen LogP contribution is 2.28. The van der Waals surface area contributed by atoms with Crippen LogP contribution in [0.2, 0.25) is 5.02 Å². The Labute approximate surface area is 138 Å². The van der Waals surface area contributed by atoms with Crippen molar-refractivity contribution in [3.05, 3.63) is 50.3 Å². The first-order valence-electron chi connectivity index (χ1n) is 7.57. The SMILES string of the molecule is Cc1cc(Cl)c(C(=O)N2CCCC(c3n[nH]c(=O)o3)C2)cc1C. The van der Waals surface area contributed by atoms with Crippen molar-refractivity contribution in [3.63, 3.8) is 0 Å². The fraction of sp³-hybridized carbons (Fsp3) is 0.438. The van der Waals surface area contributed by atoms with Gasteiger partial charge >= 0.3 is 5.76 Å². The maximum atomic E-state index is 12.8. The van der Waals surface area contributed by atoms with Crippen LogP contribution in [0.25, 0.3) is 0 Å². The van der Waals surface area contributed by atoms with E-state index in [1.54, 1.807) is 4.90 Å². The zero-order chi connectivity index (χ0) is 16.6. The lowest BCUT2D eigenvalue weighted by Crippen LogP contribution is -2.39. The third-order valence-electron chi connectivity index (χ3n) is 4.33. The van der Waals surface area contributed by atoms with Gasteiger partial charge in [0.25, 0.3) is 5.91 Å². The van der Waals surface area contributed by atoms with Crippen molar-refractivity contribution < 1.29 is 9.21 Å². The number of benzene rings is 1. The molecule has 1 fully saturated rings. The first kappa shape index (κ1) is 15.8. The molecule has 6 nitrogen and oxygen atoms in total. The van der Waals surface area contributed by atoms with E-state index in [0.29, 0.717) is 29.6 Å². The number of aromatic nitrogens is 2. The summed E-state index contributed by atoms with van der Waals surface area (Å²) in [6, 6.07) is 3.65. The van der Waals surface area contributed by atoms with Gasteiger partial charge in [-0.25, -0.2) is 9.89 Å². The van der Waals surface area contributed by atoms with Crippen molar-refractivity contribution in [2.45, 2.75) is 32.6 Å². The van der Waals surface area contributed by atoms with Crippen LogP contribution >= 0.6 is 11.6 Å². The van der Waals surface area contributed by atoms with Crippen LogP contribution in [0, 0.1) is 13.8 Å². The Hall–Kier alpha value is -2.08. The van der Waals surface area contributed by atoms with Crippen molar-refractivity contribution in [3.8, 4) is 0 Å². The number of piperidine rings is 1. The summed E-state index contributed by atoms with van der Waals surface area (Å²) in [6.45, 7) is 5.05. The number of H-pyrrole nitrogens is 1. The molecule has 0 spiro atoms. The van der Waals surface area contributed by atoms with Crippen molar-refractivity contribution in [1.82, 2.24) is 15.1 Å². The molecule has 23 heavy (non-hydrogen) atoms. The quantitative estimate of drug-likeness (QED) is 0.915. The topological polar surface area (TPSA) is 79.2 Å². The lowest BCUT2D eigenvalue weighted by Gasteiger charge is -2.31. The molecule has 2 aromatic rings. The average molecular weight is 336 g/mol. The van der Waals surface area contributed by atoms with E-state index < -0.39 is 5.76 Å². The number of likely N-dealkylation sites (tertiary alicyclic amines) is 1. The van der Waals surface area contributed by atoms with Crippen LogP contribution in [0.3, 0.4) is 0 Å². The van der Waals surface area contributed by atoms with Gasteiger partial charge < -0.3 is 9.32 Å². The van der Waals surface area contributed by atoms with Crippen molar-refractivity contribution in [2.24, 2.45) is 0 Å². The minimum absolute atomic E-state index is 0.0722. The molecule has 1 amide bonds. The number of nitrogens with zero attached hydrogens (tertiary/aromatic N) is 2. The zero-order valence-corrected chi connectivity index (χ0v) is 13.8. The second-order valence-electron chi connectivity index (χ2n) is 5.96. The number of rotatable bonds is 2. The molecule has 1 N–H and O–H groups in total. The molecule has 0 aliphatic carbocycles. The molecule has 122 valence electrons. The predicted molar refractivity (Wildman–Crippen MR) is 85.9 cm³/mol. The van der Waals surface area contributed by atoms with E-state index in [1.165, 1.54) is 0 Å². The third-order valence-corrected chi connectivity index (χ3v) is 4.64. The average Bonchev–Trinajstić information content (AvgIpc) is 2.97. The van der Waals surface area contributed by atoms with Crippen molar-refractivity contribution in [1.29, 1.82) is 0 Å². The Morgan fingerprint density at radius 1 is 1.39 bits per heavy atom. The number of carbonyl (C=O) groups excluding carboxylic acids is 1. The molecule has 2 heterocycles. The molecule has 1 aromatic heterocycles. The lowest BCUT2D eigenvalue weighted by molar-refractivity contribution is 0.0698. The molecule has 3 rings (SSSR count). The fourth-order valence-electron chi connectivity index (χ4n) is 2.89. The Kier molecular flexibility index (Phi) is 4.26. The molecule has 1 saturated heterocycles. The summed E-state index contributed by atoms with van der Waals surface area (Å²) in [5, 5.41) is 6.61. The third kappa shape index (κ3) is 3.17. The van der Waals surface area contributed by atoms with Crippen LogP contribution in [-0.4, -0.2) is 34.1 Å². The maximum Gasteiger partial charge on any atom is 0.434 e. The second-order valence-corrected chi connectivity index (χ2v) is 6.37. The first-order chi connectivity index (χ1) is 11.0. The number of hydrogen-bond donors (Lipinski definition) is 1. The number of carbonyl (C=O) groups is 1. The molecule has 1 atom stereocenters. The molecule has 1 aliphatic rings. The summed E-state index contributed by atoms with van der Waals surface area (Å²) in [6.07, 6.45) is 1.66. The molecule has 1 aliphatic heterocycles. The number of amides is 1. The maximum absolute atomic E-state index is 12.8. The van der Waals surface area contributed by atoms with Crippen LogP contribution in [0.5, 0.6) is 0 Å². The molecule has 1 aromatic carbocycles. The van der Waals surface area contributed by atoms with E-state index in [-0.39, 0.29) is 11.8 Å². The van der Waals surface area contributed by atoms with Crippen molar-refractivity contribution in [2.75, 3.05) is 13.1 Å². The molecule has 0 saturated carbocycles. The van der Waals surface area contributed by atoms with Gasteiger partial charge in [-0.05, 0) is 49.9 Å². The zero-order valence-electron chi connectivity index (χ0n) is 13.1. The van der Waals surface area contributed by atoms with E-state index in [0.717, 1.165) is 24.0 Å². The normalized spacial score (nSPS) is 18.2. The lowest BCUT2D eigenvalue weighted by atomic mass is 9.97. The highest BCUT2D eigenvalue weighted by atomic mass is 35.5. The summed E-state index contributed by atoms with van der Waals surface area (Å²) < 4.78 is 5.03. The molecule has 0 radical (unpaired) electrons. The molecule has 0 bridgehead atoms. The van der Waals surface area contributed by atoms with Gasteiger partial charge in [0.1, 0.15) is 0 Å². The van der Waals surface area contributed by atoms with Gasteiger partial charge in [0.05, 0.1) is 16.5 Å². The summed E-state index contributed by atoms with van der Waals surface area (Å²) in [5.74, 6) is -0.378. The highest BCUT2D eigenvalue weighted by molar-refractivity contribution is 6.34. The summed E-state index contributed by atoms with van der Waals surface area (Å²) in [5.41, 5.74) is 2.60. The van der Waals surface area contributed by atoms with E-state index in [9.17, 15) is 9.59 Å². The van der Waals surface area contributed by atoms with E-state index in [4.69, 9.17) is 16.0 Å². The van der Waals surface area contributed by atoms with E-state index >= 15 is 0 Å². The van der Waals surface area contributed by atoms with Crippen molar-refractivity contribution >= 4 is 17.5 Å². The summed E-state index contributed by atoms with van der Waals surface area (Å²) in [7, 11) is 0. The molecular weight excluding hydrogens is 318 g/mol. The largest absolute Gasteiger partial charge is 0.434 e. The number of halogens is 1. The first-order valence-corrected chi connectivity index (χ1v) is 7.95. The van der Waals surface area contributed by atoms with Gasteiger partial charge in [-0.2, -0.15) is 0 Å². The van der Waals surface area contributed by atoms with Crippen LogP contribution < -0.4 is 5.76 Å². The number of hydrogen-bond acceptors (Lipinski definition) is 4. The Bertz CT molecular complexity index is 796. The van der Waals surface area contributed by atoms with E-state index in [1.807, 2.05) is 26.0 Å². The number of aryl methyl sites for hydroxylation is 2. The van der Waals surface area contributed by atoms with Crippen LogP contribution in [0.1, 0.15) is 46.1 Å². The minimum atomic E-state index is -0.569. The van der Waals surface area contributed by atoms with Gasteiger partial charge in [-0.3, -0.25) is 4.79 Å². The van der Waals surface area contributed by atoms with Gasteiger partial charge in [-0.15, -0.1) is 5.10 Å². The Morgan fingerprint density at radius 3 is 2.83 bits per heavy atom. The number of nitrogens with one attached hydrogen (secondary N) is 1. The molecule has 1 unspecified atom stereocenters. The Morgan fingerprint density at radius 2 is 2.13 bits per heavy atom.